The zero-order chi connectivity index (χ0) is 12.3. The Hall–Kier alpha value is -1.02. The summed E-state index contributed by atoms with van der Waals surface area (Å²) in [5.74, 6) is 1.04. The van der Waals surface area contributed by atoms with Crippen molar-refractivity contribution in [2.75, 3.05) is 6.61 Å². The van der Waals surface area contributed by atoms with Crippen LogP contribution in [0.5, 0.6) is 5.75 Å². The third kappa shape index (κ3) is 2.81. The third-order valence-electron chi connectivity index (χ3n) is 3.95. The maximum Gasteiger partial charge on any atom is 0.122 e. The van der Waals surface area contributed by atoms with Crippen LogP contribution in [0.4, 0.5) is 0 Å². The third-order valence-corrected chi connectivity index (χ3v) is 3.95. The number of rotatable bonds is 5. The highest BCUT2D eigenvalue weighted by molar-refractivity contribution is 5.39. The van der Waals surface area contributed by atoms with E-state index in [1.807, 2.05) is 0 Å². The molecule has 0 saturated carbocycles. The minimum Gasteiger partial charge on any atom is -0.493 e. The Bertz CT molecular complexity index is 381. The van der Waals surface area contributed by atoms with Gasteiger partial charge in [-0.25, -0.2) is 0 Å². The van der Waals surface area contributed by atoms with Crippen molar-refractivity contribution < 1.29 is 9.84 Å². The van der Waals surface area contributed by atoms with E-state index in [0.717, 1.165) is 44.5 Å². The molecular weight excluding hydrogens is 212 g/mol. The Morgan fingerprint density at radius 3 is 2.76 bits per heavy atom. The van der Waals surface area contributed by atoms with Crippen LogP contribution in [0.1, 0.15) is 44.2 Å². The van der Waals surface area contributed by atoms with Gasteiger partial charge in [0.15, 0.2) is 0 Å². The molecule has 0 radical (unpaired) electrons. The molecule has 0 atom stereocenters. The molecule has 1 N–H and O–H groups in total. The first-order valence-electron chi connectivity index (χ1n) is 6.64. The van der Waals surface area contributed by atoms with E-state index >= 15 is 0 Å². The molecule has 1 aliphatic rings. The summed E-state index contributed by atoms with van der Waals surface area (Å²) in [6.07, 6.45) is 4.48. The predicted octanol–water partition coefficient (Wildman–Crippen LogP) is 3.11. The van der Waals surface area contributed by atoms with Crippen LogP contribution in [0.15, 0.2) is 18.2 Å². The molecule has 0 spiro atoms. The van der Waals surface area contributed by atoms with E-state index in [1.54, 1.807) is 0 Å². The molecule has 0 unspecified atom stereocenters. The maximum absolute atomic E-state index is 10.3. The fourth-order valence-electron chi connectivity index (χ4n) is 2.38. The molecule has 1 heterocycles. The second kappa shape index (κ2) is 5.09. The van der Waals surface area contributed by atoms with Crippen LogP contribution in [0.3, 0.4) is 0 Å². The largest absolute Gasteiger partial charge is 0.493 e. The summed E-state index contributed by atoms with van der Waals surface area (Å²) >= 11 is 0. The van der Waals surface area contributed by atoms with Gasteiger partial charge in [-0.15, -0.1) is 0 Å². The fraction of sp³-hybridized carbons (Fsp3) is 0.600. The SMILES string of the molecule is CCC(O)(CC)CCc1ccc2c(c1)CCO2. The van der Waals surface area contributed by atoms with Crippen LogP contribution in [0.25, 0.3) is 0 Å². The summed E-state index contributed by atoms with van der Waals surface area (Å²) in [6.45, 7) is 4.92. The lowest BCUT2D eigenvalue weighted by molar-refractivity contribution is 0.0239. The average Bonchev–Trinajstić information content (AvgIpc) is 2.83. The van der Waals surface area contributed by atoms with Crippen molar-refractivity contribution >= 4 is 0 Å². The predicted molar refractivity (Wildman–Crippen MR) is 69.5 cm³/mol. The molecule has 0 aliphatic carbocycles. The van der Waals surface area contributed by atoms with E-state index in [4.69, 9.17) is 4.74 Å². The minimum absolute atomic E-state index is 0.491. The van der Waals surface area contributed by atoms with E-state index in [0.29, 0.717) is 0 Å². The smallest absolute Gasteiger partial charge is 0.122 e. The van der Waals surface area contributed by atoms with Crippen LogP contribution in [0.2, 0.25) is 0 Å². The molecule has 94 valence electrons. The lowest BCUT2D eigenvalue weighted by atomic mass is 9.89. The Balaban J connectivity index is 2.00. The summed E-state index contributed by atoms with van der Waals surface area (Å²) in [4.78, 5) is 0. The molecular formula is C15H22O2. The van der Waals surface area contributed by atoms with Gasteiger partial charge in [0.25, 0.3) is 0 Å². The Kier molecular flexibility index (Phi) is 3.72. The van der Waals surface area contributed by atoms with Crippen LogP contribution in [-0.4, -0.2) is 17.3 Å². The number of ether oxygens (including phenoxy) is 1. The first-order chi connectivity index (χ1) is 8.17. The van der Waals surface area contributed by atoms with Crippen molar-refractivity contribution in [3.63, 3.8) is 0 Å². The highest BCUT2D eigenvalue weighted by atomic mass is 16.5. The van der Waals surface area contributed by atoms with Crippen LogP contribution >= 0.6 is 0 Å². The van der Waals surface area contributed by atoms with Crippen LogP contribution < -0.4 is 4.74 Å². The summed E-state index contributed by atoms with van der Waals surface area (Å²) in [6, 6.07) is 6.42. The molecule has 1 aliphatic heterocycles. The standard InChI is InChI=1S/C15H22O2/c1-3-15(16,4-2)9-7-12-5-6-14-13(11-12)8-10-17-14/h5-6,11,16H,3-4,7-10H2,1-2H3. The van der Waals surface area contributed by atoms with E-state index in [-0.39, 0.29) is 0 Å². The molecule has 2 rings (SSSR count). The number of aryl methyl sites for hydroxylation is 1. The highest BCUT2D eigenvalue weighted by Crippen LogP contribution is 2.28. The lowest BCUT2D eigenvalue weighted by Gasteiger charge is -2.25. The monoisotopic (exact) mass is 234 g/mol. The van der Waals surface area contributed by atoms with Gasteiger partial charge in [0.05, 0.1) is 12.2 Å². The van der Waals surface area contributed by atoms with Crippen molar-refractivity contribution in [3.8, 4) is 5.75 Å². The van der Waals surface area contributed by atoms with E-state index in [1.165, 1.54) is 11.1 Å². The number of benzene rings is 1. The number of hydrogen-bond acceptors (Lipinski definition) is 2. The zero-order valence-electron chi connectivity index (χ0n) is 10.8. The fourth-order valence-corrected chi connectivity index (χ4v) is 2.38. The van der Waals surface area contributed by atoms with Gasteiger partial charge in [-0.2, -0.15) is 0 Å². The molecule has 2 heteroatoms. The summed E-state index contributed by atoms with van der Waals surface area (Å²) in [5.41, 5.74) is 2.14. The van der Waals surface area contributed by atoms with E-state index in [2.05, 4.69) is 32.0 Å². The van der Waals surface area contributed by atoms with Gasteiger partial charge in [-0.3, -0.25) is 0 Å². The summed E-state index contributed by atoms with van der Waals surface area (Å²) < 4.78 is 5.49. The first-order valence-corrected chi connectivity index (χ1v) is 6.64. The van der Waals surface area contributed by atoms with Gasteiger partial charge < -0.3 is 9.84 Å². The summed E-state index contributed by atoms with van der Waals surface area (Å²) in [7, 11) is 0. The minimum atomic E-state index is -0.491. The van der Waals surface area contributed by atoms with Crippen LogP contribution in [0, 0.1) is 0 Å². The lowest BCUT2D eigenvalue weighted by Crippen LogP contribution is -2.27. The van der Waals surface area contributed by atoms with Gasteiger partial charge in [0, 0.05) is 6.42 Å². The Morgan fingerprint density at radius 2 is 2.06 bits per heavy atom. The molecule has 0 amide bonds. The second-order valence-electron chi connectivity index (χ2n) is 4.97. The molecule has 1 aromatic rings. The zero-order valence-corrected chi connectivity index (χ0v) is 10.8. The van der Waals surface area contributed by atoms with Crippen molar-refractivity contribution in [2.45, 2.75) is 51.6 Å². The first kappa shape index (κ1) is 12.4. The normalized spacial score (nSPS) is 14.5. The molecule has 1 aromatic carbocycles. The van der Waals surface area contributed by atoms with Crippen LogP contribution in [-0.2, 0) is 12.8 Å². The van der Waals surface area contributed by atoms with Crippen molar-refractivity contribution in [1.82, 2.24) is 0 Å². The van der Waals surface area contributed by atoms with Gasteiger partial charge in [-0.1, -0.05) is 26.0 Å². The van der Waals surface area contributed by atoms with Gasteiger partial charge in [-0.05, 0) is 42.9 Å². The van der Waals surface area contributed by atoms with Gasteiger partial charge in [0.2, 0.25) is 0 Å². The maximum atomic E-state index is 10.3. The van der Waals surface area contributed by atoms with Crippen molar-refractivity contribution in [3.05, 3.63) is 29.3 Å². The molecule has 0 bridgehead atoms. The van der Waals surface area contributed by atoms with Gasteiger partial charge in [0.1, 0.15) is 5.75 Å². The van der Waals surface area contributed by atoms with Crippen molar-refractivity contribution in [1.29, 1.82) is 0 Å². The number of aliphatic hydroxyl groups is 1. The van der Waals surface area contributed by atoms with Crippen molar-refractivity contribution in [2.24, 2.45) is 0 Å². The second-order valence-corrected chi connectivity index (χ2v) is 4.97. The molecule has 0 saturated heterocycles. The quantitative estimate of drug-likeness (QED) is 0.848. The number of fused-ring (bicyclic) bond motifs is 1. The molecule has 0 aromatic heterocycles. The molecule has 0 fully saturated rings. The Labute approximate surface area is 104 Å². The average molecular weight is 234 g/mol. The molecule has 17 heavy (non-hydrogen) atoms. The van der Waals surface area contributed by atoms with Gasteiger partial charge >= 0.3 is 0 Å². The summed E-state index contributed by atoms with van der Waals surface area (Å²) in [5, 5.41) is 10.3. The van der Waals surface area contributed by atoms with E-state index in [9.17, 15) is 5.11 Å². The number of hydrogen-bond donors (Lipinski definition) is 1. The molecule has 2 nitrogen and oxygen atoms in total. The Morgan fingerprint density at radius 1 is 1.29 bits per heavy atom. The highest BCUT2D eigenvalue weighted by Gasteiger charge is 2.22. The van der Waals surface area contributed by atoms with E-state index < -0.39 is 5.60 Å². The topological polar surface area (TPSA) is 29.5 Å².